The van der Waals surface area contributed by atoms with Gasteiger partial charge in [0.25, 0.3) is 5.91 Å². The maximum atomic E-state index is 12.1. The lowest BCUT2D eigenvalue weighted by atomic mass is 10.1. The number of hydrogen-bond acceptors (Lipinski definition) is 4. The minimum absolute atomic E-state index is 0.125. The van der Waals surface area contributed by atoms with Crippen molar-refractivity contribution in [2.45, 2.75) is 19.8 Å². The Hall–Kier alpha value is -1.33. The average Bonchev–Trinajstić information content (AvgIpc) is 2.97. The summed E-state index contributed by atoms with van der Waals surface area (Å²) >= 11 is 6.04. The first-order valence-electron chi connectivity index (χ1n) is 7.44. The van der Waals surface area contributed by atoms with Crippen LogP contribution in [-0.2, 0) is 0 Å². The van der Waals surface area contributed by atoms with Gasteiger partial charge in [-0.05, 0) is 37.9 Å². The van der Waals surface area contributed by atoms with Crippen LogP contribution in [0.1, 0.15) is 30.1 Å². The first kappa shape index (κ1) is 16.0. The maximum Gasteiger partial charge on any atom is 0.252 e. The van der Waals surface area contributed by atoms with Gasteiger partial charge in [0, 0.05) is 26.3 Å². The van der Waals surface area contributed by atoms with Crippen molar-refractivity contribution in [3.8, 4) is 0 Å². The quantitative estimate of drug-likeness (QED) is 0.846. The van der Waals surface area contributed by atoms with Crippen LogP contribution in [0.2, 0.25) is 5.02 Å². The molecule has 0 spiro atoms. The number of nitrogens with zero attached hydrogens (tertiary/aromatic N) is 2. The second kappa shape index (κ2) is 7.61. The highest BCUT2D eigenvalue weighted by Gasteiger charge is 2.16. The van der Waals surface area contributed by atoms with Gasteiger partial charge in [0.15, 0.2) is 0 Å². The molecule has 1 amide bonds. The molecular formula is C15H23ClN4O. The molecule has 0 radical (unpaired) electrons. The number of rotatable bonds is 6. The summed E-state index contributed by atoms with van der Waals surface area (Å²) in [5.74, 6) is 0.892. The molecule has 2 heterocycles. The zero-order chi connectivity index (χ0) is 15.2. The van der Waals surface area contributed by atoms with Crippen LogP contribution in [-0.4, -0.2) is 49.0 Å². The summed E-state index contributed by atoms with van der Waals surface area (Å²) in [7, 11) is 1.74. The van der Waals surface area contributed by atoms with Crippen molar-refractivity contribution in [2.24, 2.45) is 5.92 Å². The second-order valence-corrected chi connectivity index (χ2v) is 6.03. The zero-order valence-electron chi connectivity index (χ0n) is 12.7. The molecule has 1 aromatic heterocycles. The molecule has 2 N–H and O–H groups in total. The van der Waals surface area contributed by atoms with Crippen LogP contribution in [0.3, 0.4) is 0 Å². The first-order chi connectivity index (χ1) is 10.1. The Balaban J connectivity index is 1.82. The van der Waals surface area contributed by atoms with E-state index in [4.69, 9.17) is 11.6 Å². The summed E-state index contributed by atoms with van der Waals surface area (Å²) in [4.78, 5) is 18.7. The van der Waals surface area contributed by atoms with Crippen LogP contribution < -0.4 is 10.6 Å². The van der Waals surface area contributed by atoms with Crippen LogP contribution >= 0.6 is 11.6 Å². The third kappa shape index (κ3) is 4.58. The molecule has 0 aliphatic carbocycles. The molecule has 1 fully saturated rings. The van der Waals surface area contributed by atoms with E-state index in [9.17, 15) is 4.79 Å². The number of carbonyl (C=O) groups excluding carboxylic acids is 1. The smallest absolute Gasteiger partial charge is 0.252 e. The van der Waals surface area contributed by atoms with E-state index in [2.05, 4.69) is 27.4 Å². The Morgan fingerprint density at radius 2 is 2.19 bits per heavy atom. The van der Waals surface area contributed by atoms with E-state index in [-0.39, 0.29) is 5.91 Å². The maximum absolute atomic E-state index is 12.1. The minimum Gasteiger partial charge on any atom is -0.372 e. The van der Waals surface area contributed by atoms with Gasteiger partial charge in [0.1, 0.15) is 5.82 Å². The van der Waals surface area contributed by atoms with E-state index < -0.39 is 0 Å². The molecule has 1 saturated heterocycles. The molecule has 0 saturated carbocycles. The molecule has 1 aliphatic heterocycles. The van der Waals surface area contributed by atoms with E-state index in [1.165, 1.54) is 32.1 Å². The van der Waals surface area contributed by atoms with Gasteiger partial charge in [-0.2, -0.15) is 0 Å². The Labute approximate surface area is 131 Å². The molecule has 116 valence electrons. The summed E-state index contributed by atoms with van der Waals surface area (Å²) in [6, 6.07) is 1.64. The van der Waals surface area contributed by atoms with Gasteiger partial charge in [-0.25, -0.2) is 4.98 Å². The van der Waals surface area contributed by atoms with Gasteiger partial charge in [-0.3, -0.25) is 4.79 Å². The molecular weight excluding hydrogens is 288 g/mol. The zero-order valence-corrected chi connectivity index (χ0v) is 13.4. The van der Waals surface area contributed by atoms with Gasteiger partial charge in [0.2, 0.25) is 0 Å². The Morgan fingerprint density at radius 1 is 1.48 bits per heavy atom. The van der Waals surface area contributed by atoms with Crippen LogP contribution in [0.5, 0.6) is 0 Å². The third-order valence-electron chi connectivity index (χ3n) is 3.72. The summed E-state index contributed by atoms with van der Waals surface area (Å²) < 4.78 is 0. The molecule has 0 aromatic carbocycles. The average molecular weight is 311 g/mol. The van der Waals surface area contributed by atoms with Crippen LogP contribution in [0.4, 0.5) is 5.82 Å². The van der Waals surface area contributed by atoms with E-state index >= 15 is 0 Å². The van der Waals surface area contributed by atoms with E-state index in [1.54, 1.807) is 13.1 Å². The van der Waals surface area contributed by atoms with Crippen molar-refractivity contribution in [2.75, 3.05) is 38.5 Å². The number of likely N-dealkylation sites (tertiary alicyclic amines) is 1. The summed E-state index contributed by atoms with van der Waals surface area (Å²) in [6.45, 7) is 6.24. The topological polar surface area (TPSA) is 57.3 Å². The molecule has 6 heteroatoms. The van der Waals surface area contributed by atoms with Crippen LogP contribution in [0.25, 0.3) is 0 Å². The van der Waals surface area contributed by atoms with Crippen LogP contribution in [0.15, 0.2) is 12.3 Å². The molecule has 1 unspecified atom stereocenters. The molecule has 1 aromatic rings. The van der Waals surface area contributed by atoms with Crippen molar-refractivity contribution < 1.29 is 4.79 Å². The Bertz CT molecular complexity index is 489. The normalized spacial score (nSPS) is 16.7. The van der Waals surface area contributed by atoms with Gasteiger partial charge in [-0.15, -0.1) is 0 Å². The lowest BCUT2D eigenvalue weighted by Gasteiger charge is -2.20. The molecule has 0 bridgehead atoms. The van der Waals surface area contributed by atoms with Gasteiger partial charge < -0.3 is 15.5 Å². The number of carbonyl (C=O) groups is 1. The van der Waals surface area contributed by atoms with E-state index in [0.717, 1.165) is 6.54 Å². The van der Waals surface area contributed by atoms with Crippen molar-refractivity contribution >= 4 is 23.3 Å². The molecule has 2 rings (SSSR count). The highest BCUT2D eigenvalue weighted by atomic mass is 35.5. The minimum atomic E-state index is -0.125. The second-order valence-electron chi connectivity index (χ2n) is 5.63. The Morgan fingerprint density at radius 3 is 2.81 bits per heavy atom. The highest BCUT2D eigenvalue weighted by molar-refractivity contribution is 6.33. The number of hydrogen-bond donors (Lipinski definition) is 2. The van der Waals surface area contributed by atoms with Crippen molar-refractivity contribution in [3.05, 3.63) is 22.8 Å². The van der Waals surface area contributed by atoms with Crippen molar-refractivity contribution in [3.63, 3.8) is 0 Å². The molecule has 5 nitrogen and oxygen atoms in total. The molecule has 21 heavy (non-hydrogen) atoms. The highest BCUT2D eigenvalue weighted by Crippen LogP contribution is 2.19. The van der Waals surface area contributed by atoms with Gasteiger partial charge >= 0.3 is 0 Å². The predicted octanol–water partition coefficient (Wildman–Crippen LogP) is 2.24. The number of amides is 1. The van der Waals surface area contributed by atoms with Crippen molar-refractivity contribution in [1.29, 1.82) is 0 Å². The predicted molar refractivity (Wildman–Crippen MR) is 86.0 cm³/mol. The monoisotopic (exact) mass is 310 g/mol. The number of aromatic nitrogens is 1. The first-order valence-corrected chi connectivity index (χ1v) is 7.81. The number of halogens is 1. The fourth-order valence-corrected chi connectivity index (χ4v) is 2.85. The van der Waals surface area contributed by atoms with Gasteiger partial charge in [-0.1, -0.05) is 18.5 Å². The summed E-state index contributed by atoms with van der Waals surface area (Å²) in [5, 5.41) is 6.28. The van der Waals surface area contributed by atoms with Gasteiger partial charge in [0.05, 0.1) is 10.6 Å². The number of anilines is 1. The summed E-state index contributed by atoms with van der Waals surface area (Å²) in [6.07, 6.45) is 4.13. The third-order valence-corrected chi connectivity index (χ3v) is 4.01. The van der Waals surface area contributed by atoms with Crippen molar-refractivity contribution in [1.82, 2.24) is 15.2 Å². The molecule has 1 aliphatic rings. The summed E-state index contributed by atoms with van der Waals surface area (Å²) in [5.41, 5.74) is 0.493. The number of nitrogens with one attached hydrogen (secondary N) is 2. The fraction of sp³-hybridized carbons (Fsp3) is 0.600. The Kier molecular flexibility index (Phi) is 5.82. The lowest BCUT2D eigenvalue weighted by Crippen LogP contribution is -2.34. The largest absolute Gasteiger partial charge is 0.372 e. The lowest BCUT2D eigenvalue weighted by molar-refractivity contribution is 0.0945. The van der Waals surface area contributed by atoms with E-state index in [1.807, 2.05) is 0 Å². The van der Waals surface area contributed by atoms with E-state index in [0.29, 0.717) is 28.9 Å². The fourth-order valence-electron chi connectivity index (χ4n) is 2.59. The SMILES string of the molecule is CNc1ncc(C(=O)NCC(C)CN2CCCC2)cc1Cl. The van der Waals surface area contributed by atoms with Crippen LogP contribution in [0, 0.1) is 5.92 Å². The number of pyridine rings is 1. The molecule has 1 atom stereocenters. The standard InChI is InChI=1S/C15H23ClN4O/c1-11(10-20-5-3-4-6-20)8-19-15(21)12-7-13(16)14(17-2)18-9-12/h7,9,11H,3-6,8,10H2,1-2H3,(H,17,18)(H,19,21).